The molecule has 0 aliphatic heterocycles. The summed E-state index contributed by atoms with van der Waals surface area (Å²) in [5.74, 6) is -1.30. The highest BCUT2D eigenvalue weighted by molar-refractivity contribution is 9.10. The van der Waals surface area contributed by atoms with E-state index in [1.54, 1.807) is 12.1 Å². The van der Waals surface area contributed by atoms with Gasteiger partial charge in [0.1, 0.15) is 11.8 Å². The Morgan fingerprint density at radius 1 is 1.47 bits per heavy atom. The van der Waals surface area contributed by atoms with Crippen LogP contribution in [0.3, 0.4) is 0 Å². The van der Waals surface area contributed by atoms with Crippen LogP contribution < -0.4 is 0 Å². The van der Waals surface area contributed by atoms with E-state index in [9.17, 15) is 9.90 Å². The summed E-state index contributed by atoms with van der Waals surface area (Å²) >= 11 is 3.26. The summed E-state index contributed by atoms with van der Waals surface area (Å²) in [5, 5.41) is 18.9. The Kier molecular flexibility index (Phi) is 2.50. The largest absolute Gasteiger partial charge is 0.479 e. The van der Waals surface area contributed by atoms with Crippen LogP contribution in [0.5, 0.6) is 0 Å². The smallest absolute Gasteiger partial charge is 0.337 e. The Hall–Kier alpha value is -1.33. The van der Waals surface area contributed by atoms with Crippen molar-refractivity contribution >= 4 is 32.9 Å². The molecule has 0 aliphatic carbocycles. The lowest BCUT2D eigenvalue weighted by Gasteiger charge is -2.05. The summed E-state index contributed by atoms with van der Waals surface area (Å²) in [6.45, 7) is 0. The van der Waals surface area contributed by atoms with Crippen LogP contribution in [0.25, 0.3) is 11.0 Å². The maximum absolute atomic E-state index is 10.6. The van der Waals surface area contributed by atoms with E-state index in [4.69, 9.17) is 9.52 Å². The van der Waals surface area contributed by atoms with E-state index >= 15 is 0 Å². The number of aliphatic hydroxyl groups is 1. The normalized spacial score (nSPS) is 12.9. The van der Waals surface area contributed by atoms with E-state index in [1.807, 2.05) is 0 Å². The molecule has 0 spiro atoms. The lowest BCUT2D eigenvalue weighted by atomic mass is 10.1. The van der Waals surface area contributed by atoms with E-state index in [0.29, 0.717) is 5.58 Å². The van der Waals surface area contributed by atoms with Gasteiger partial charge in [-0.3, -0.25) is 0 Å². The molecule has 0 bridgehead atoms. The third-order valence-electron chi connectivity index (χ3n) is 2.11. The highest BCUT2D eigenvalue weighted by Gasteiger charge is 2.20. The number of hydrogen-bond acceptors (Lipinski definition) is 3. The number of fused-ring (bicyclic) bond motifs is 1. The van der Waals surface area contributed by atoms with Gasteiger partial charge in [0.25, 0.3) is 0 Å². The molecule has 78 valence electrons. The first-order valence-corrected chi connectivity index (χ1v) is 4.97. The van der Waals surface area contributed by atoms with Crippen LogP contribution in [0.15, 0.2) is 33.4 Å². The monoisotopic (exact) mass is 270 g/mol. The zero-order chi connectivity index (χ0) is 11.0. The number of carboxylic acid groups (broad SMARTS) is 1. The van der Waals surface area contributed by atoms with Crippen molar-refractivity contribution in [3.05, 3.63) is 34.5 Å². The molecule has 1 heterocycles. The fraction of sp³-hybridized carbons (Fsp3) is 0.100. The second-order valence-corrected chi connectivity index (χ2v) is 3.90. The number of benzene rings is 1. The van der Waals surface area contributed by atoms with Gasteiger partial charge in [0.2, 0.25) is 0 Å². The van der Waals surface area contributed by atoms with Gasteiger partial charge in [0.15, 0.2) is 6.10 Å². The lowest BCUT2D eigenvalue weighted by Crippen LogP contribution is -2.10. The Morgan fingerprint density at radius 3 is 2.87 bits per heavy atom. The van der Waals surface area contributed by atoms with Gasteiger partial charge < -0.3 is 14.6 Å². The van der Waals surface area contributed by atoms with Crippen molar-refractivity contribution < 1.29 is 19.4 Å². The van der Waals surface area contributed by atoms with Gasteiger partial charge in [-0.1, -0.05) is 12.1 Å². The van der Waals surface area contributed by atoms with Crippen molar-refractivity contribution in [3.63, 3.8) is 0 Å². The molecule has 1 aromatic carbocycles. The maximum Gasteiger partial charge on any atom is 0.337 e. The van der Waals surface area contributed by atoms with Gasteiger partial charge in [-0.25, -0.2) is 4.79 Å². The van der Waals surface area contributed by atoms with E-state index in [-0.39, 0.29) is 5.56 Å². The summed E-state index contributed by atoms with van der Waals surface area (Å²) in [6.07, 6.45) is -0.102. The van der Waals surface area contributed by atoms with Crippen molar-refractivity contribution in [2.24, 2.45) is 0 Å². The second-order valence-electron chi connectivity index (χ2n) is 3.05. The van der Waals surface area contributed by atoms with Crippen LogP contribution in [-0.4, -0.2) is 16.2 Å². The van der Waals surface area contributed by atoms with Gasteiger partial charge in [0, 0.05) is 10.9 Å². The number of halogens is 1. The predicted molar refractivity (Wildman–Crippen MR) is 56.5 cm³/mol. The topological polar surface area (TPSA) is 70.7 Å². The molecule has 0 radical (unpaired) electrons. The predicted octanol–water partition coefficient (Wildman–Crippen LogP) is 2.31. The van der Waals surface area contributed by atoms with E-state index in [0.717, 1.165) is 9.86 Å². The van der Waals surface area contributed by atoms with Gasteiger partial charge >= 0.3 is 5.97 Å². The van der Waals surface area contributed by atoms with Gasteiger partial charge in [-0.15, -0.1) is 0 Å². The van der Waals surface area contributed by atoms with Crippen LogP contribution in [-0.2, 0) is 4.79 Å². The fourth-order valence-corrected chi connectivity index (χ4v) is 1.80. The van der Waals surface area contributed by atoms with Gasteiger partial charge in [-0.2, -0.15) is 0 Å². The molecule has 4 nitrogen and oxygen atoms in total. The Balaban J connectivity index is 2.66. The van der Waals surface area contributed by atoms with E-state index in [2.05, 4.69) is 15.9 Å². The third kappa shape index (κ3) is 1.64. The third-order valence-corrected chi connectivity index (χ3v) is 2.73. The van der Waals surface area contributed by atoms with Crippen molar-refractivity contribution in [1.82, 2.24) is 0 Å². The molecule has 1 aromatic heterocycles. The molecule has 1 unspecified atom stereocenters. The first-order valence-electron chi connectivity index (χ1n) is 4.17. The summed E-state index contributed by atoms with van der Waals surface area (Å²) in [4.78, 5) is 10.6. The first kappa shape index (κ1) is 10.2. The SMILES string of the molecule is O=C(O)C(O)c1cccc2c(Br)coc12. The Morgan fingerprint density at radius 2 is 2.20 bits per heavy atom. The molecule has 0 saturated heterocycles. The molecule has 0 fully saturated rings. The highest BCUT2D eigenvalue weighted by Crippen LogP contribution is 2.31. The number of furan rings is 1. The maximum atomic E-state index is 10.6. The molecular weight excluding hydrogens is 264 g/mol. The zero-order valence-corrected chi connectivity index (χ0v) is 9.06. The standard InChI is InChI=1S/C10H7BrO4/c11-7-4-15-9-5(7)2-1-3-6(9)8(12)10(13)14/h1-4,8,12H,(H,13,14). The molecule has 1 atom stereocenters. The average Bonchev–Trinajstić information content (AvgIpc) is 2.59. The van der Waals surface area contributed by atoms with Crippen molar-refractivity contribution in [2.45, 2.75) is 6.10 Å². The number of para-hydroxylation sites is 1. The Bertz CT molecular complexity index is 517. The van der Waals surface area contributed by atoms with Crippen LogP contribution in [0.2, 0.25) is 0 Å². The quantitative estimate of drug-likeness (QED) is 0.879. The molecule has 0 amide bonds. The molecule has 5 heteroatoms. The minimum atomic E-state index is -1.56. The summed E-state index contributed by atoms with van der Waals surface area (Å²) in [6, 6.07) is 4.97. The number of aliphatic hydroxyl groups excluding tert-OH is 1. The van der Waals surface area contributed by atoms with Crippen molar-refractivity contribution in [2.75, 3.05) is 0 Å². The van der Waals surface area contributed by atoms with Crippen LogP contribution in [0.1, 0.15) is 11.7 Å². The van der Waals surface area contributed by atoms with E-state index in [1.165, 1.54) is 12.3 Å². The summed E-state index contributed by atoms with van der Waals surface area (Å²) < 4.78 is 5.91. The van der Waals surface area contributed by atoms with Crippen molar-refractivity contribution in [3.8, 4) is 0 Å². The molecular formula is C10H7BrO4. The number of aliphatic carboxylic acids is 1. The fourth-order valence-electron chi connectivity index (χ4n) is 1.40. The molecule has 2 N–H and O–H groups in total. The molecule has 2 aromatic rings. The lowest BCUT2D eigenvalue weighted by molar-refractivity contribution is -0.146. The molecule has 2 rings (SSSR count). The first-order chi connectivity index (χ1) is 7.11. The summed E-state index contributed by atoms with van der Waals surface area (Å²) in [5.41, 5.74) is 0.643. The Labute approximate surface area is 93.3 Å². The van der Waals surface area contributed by atoms with Gasteiger partial charge in [-0.05, 0) is 22.0 Å². The summed E-state index contributed by atoms with van der Waals surface area (Å²) in [7, 11) is 0. The van der Waals surface area contributed by atoms with Crippen molar-refractivity contribution in [1.29, 1.82) is 0 Å². The van der Waals surface area contributed by atoms with Crippen LogP contribution in [0.4, 0.5) is 0 Å². The van der Waals surface area contributed by atoms with E-state index < -0.39 is 12.1 Å². The second kappa shape index (κ2) is 3.67. The molecule has 15 heavy (non-hydrogen) atoms. The molecule has 0 saturated carbocycles. The van der Waals surface area contributed by atoms with Gasteiger partial charge in [0.05, 0.1) is 4.47 Å². The average molecular weight is 271 g/mol. The van der Waals surface area contributed by atoms with Crippen LogP contribution in [0, 0.1) is 0 Å². The number of carboxylic acids is 1. The van der Waals surface area contributed by atoms with Crippen LogP contribution >= 0.6 is 15.9 Å². The minimum absolute atomic E-state index is 0.255. The number of carbonyl (C=O) groups is 1. The highest BCUT2D eigenvalue weighted by atomic mass is 79.9. The molecule has 0 aliphatic rings. The minimum Gasteiger partial charge on any atom is -0.479 e. The zero-order valence-electron chi connectivity index (χ0n) is 7.48. The number of hydrogen-bond donors (Lipinski definition) is 2. The number of rotatable bonds is 2.